The fourth-order valence-corrected chi connectivity index (χ4v) is 4.70. The number of amidine groups is 1. The molecule has 0 aliphatic carbocycles. The van der Waals surface area contributed by atoms with Gasteiger partial charge in [-0.25, -0.2) is 4.99 Å². The number of thioether (sulfide) groups is 1. The molecule has 0 radical (unpaired) electrons. The van der Waals surface area contributed by atoms with Gasteiger partial charge in [0.1, 0.15) is 6.61 Å². The minimum absolute atomic E-state index is 0.194. The van der Waals surface area contributed by atoms with Gasteiger partial charge in [-0.3, -0.25) is 4.79 Å². The molecule has 33 heavy (non-hydrogen) atoms. The molecule has 1 fully saturated rings. The highest BCUT2D eigenvalue weighted by atomic mass is 79.9. The van der Waals surface area contributed by atoms with Gasteiger partial charge in [0.25, 0.3) is 5.91 Å². The number of aryl methyl sites for hydroxylation is 1. The van der Waals surface area contributed by atoms with Crippen LogP contribution in [0.25, 0.3) is 6.08 Å². The average Bonchev–Trinajstić information content (AvgIpc) is 3.13. The van der Waals surface area contributed by atoms with Crippen LogP contribution >= 0.6 is 39.3 Å². The first kappa shape index (κ1) is 23.4. The van der Waals surface area contributed by atoms with Crippen LogP contribution < -0.4 is 14.8 Å². The van der Waals surface area contributed by atoms with Crippen molar-refractivity contribution < 1.29 is 14.3 Å². The van der Waals surface area contributed by atoms with Crippen LogP contribution in [0.5, 0.6) is 11.5 Å². The minimum Gasteiger partial charge on any atom is -0.493 e. The molecule has 168 valence electrons. The minimum atomic E-state index is -0.194. The highest BCUT2D eigenvalue weighted by molar-refractivity contribution is 9.10. The number of carbonyl (C=O) groups excluding carboxylic acids is 1. The van der Waals surface area contributed by atoms with E-state index in [0.717, 1.165) is 22.4 Å². The van der Waals surface area contributed by atoms with E-state index in [2.05, 4.69) is 26.2 Å². The Morgan fingerprint density at radius 1 is 1.15 bits per heavy atom. The number of aliphatic imine (C=N–C) groups is 1. The standard InChI is InChI=1S/C25H20BrClN2O3S/c1-15-7-9-18(10-8-15)28-25-29-24(30)22(33-25)13-16-11-19(26)23(21(12-16)31-2)32-14-17-5-3-4-6-20(17)27/h3-13H,14H2,1-2H3,(H,28,29,30)/b22-13-. The first-order valence-corrected chi connectivity index (χ1v) is 12.0. The maximum absolute atomic E-state index is 12.5. The largest absolute Gasteiger partial charge is 0.493 e. The van der Waals surface area contributed by atoms with Gasteiger partial charge in [0, 0.05) is 10.6 Å². The third kappa shape index (κ3) is 5.79. The fraction of sp³-hybridized carbons (Fsp3) is 0.120. The van der Waals surface area contributed by atoms with Crippen LogP contribution in [-0.2, 0) is 11.4 Å². The third-order valence-electron chi connectivity index (χ3n) is 4.79. The monoisotopic (exact) mass is 542 g/mol. The smallest absolute Gasteiger partial charge is 0.264 e. The van der Waals surface area contributed by atoms with Gasteiger partial charge in [0.2, 0.25) is 0 Å². The van der Waals surface area contributed by atoms with Crippen molar-refractivity contribution >= 4 is 62.1 Å². The van der Waals surface area contributed by atoms with Crippen LogP contribution in [0.15, 0.2) is 75.0 Å². The second kappa shape index (κ2) is 10.5. The maximum Gasteiger partial charge on any atom is 0.264 e. The van der Waals surface area contributed by atoms with Gasteiger partial charge in [0.15, 0.2) is 16.7 Å². The molecule has 0 spiro atoms. The number of amides is 1. The molecule has 1 aliphatic heterocycles. The van der Waals surface area contributed by atoms with E-state index in [4.69, 9.17) is 21.1 Å². The Morgan fingerprint density at radius 3 is 2.64 bits per heavy atom. The van der Waals surface area contributed by atoms with Crippen molar-refractivity contribution in [2.75, 3.05) is 7.11 Å². The highest BCUT2D eigenvalue weighted by Crippen LogP contribution is 2.39. The Hall–Kier alpha value is -2.74. The molecule has 1 aliphatic rings. The molecule has 1 heterocycles. The molecule has 1 amide bonds. The van der Waals surface area contributed by atoms with Crippen molar-refractivity contribution in [2.45, 2.75) is 13.5 Å². The Kier molecular flexibility index (Phi) is 7.42. The van der Waals surface area contributed by atoms with Gasteiger partial charge in [-0.15, -0.1) is 0 Å². The Labute approximate surface area is 210 Å². The lowest BCUT2D eigenvalue weighted by atomic mass is 10.2. The zero-order chi connectivity index (χ0) is 23.4. The molecule has 0 saturated carbocycles. The summed E-state index contributed by atoms with van der Waals surface area (Å²) in [6.07, 6.45) is 1.79. The predicted molar refractivity (Wildman–Crippen MR) is 138 cm³/mol. The lowest BCUT2D eigenvalue weighted by molar-refractivity contribution is -0.115. The van der Waals surface area contributed by atoms with Gasteiger partial charge >= 0.3 is 0 Å². The number of hydrogen-bond acceptors (Lipinski definition) is 5. The summed E-state index contributed by atoms with van der Waals surface area (Å²) in [6.45, 7) is 2.32. The van der Waals surface area contributed by atoms with Gasteiger partial charge in [-0.2, -0.15) is 0 Å². The second-order valence-electron chi connectivity index (χ2n) is 7.23. The van der Waals surface area contributed by atoms with E-state index in [9.17, 15) is 4.79 Å². The van der Waals surface area contributed by atoms with Crippen LogP contribution in [0.3, 0.4) is 0 Å². The summed E-state index contributed by atoms with van der Waals surface area (Å²) in [5.41, 5.74) is 3.60. The highest BCUT2D eigenvalue weighted by Gasteiger charge is 2.24. The van der Waals surface area contributed by atoms with Crippen LogP contribution in [0.1, 0.15) is 16.7 Å². The summed E-state index contributed by atoms with van der Waals surface area (Å²) in [7, 11) is 1.57. The van der Waals surface area contributed by atoms with E-state index < -0.39 is 0 Å². The van der Waals surface area contributed by atoms with Crippen LogP contribution in [0.4, 0.5) is 5.69 Å². The number of methoxy groups -OCH3 is 1. The van der Waals surface area contributed by atoms with Crippen molar-refractivity contribution in [2.24, 2.45) is 4.99 Å². The molecule has 3 aromatic rings. The zero-order valence-electron chi connectivity index (χ0n) is 17.9. The summed E-state index contributed by atoms with van der Waals surface area (Å²) in [5, 5.41) is 3.99. The maximum atomic E-state index is 12.5. The quantitative estimate of drug-likeness (QED) is 0.344. The number of nitrogens with zero attached hydrogens (tertiary/aromatic N) is 1. The van der Waals surface area contributed by atoms with Gasteiger partial charge < -0.3 is 14.8 Å². The predicted octanol–water partition coefficient (Wildman–Crippen LogP) is 6.89. The van der Waals surface area contributed by atoms with E-state index >= 15 is 0 Å². The normalized spacial score (nSPS) is 15.7. The zero-order valence-corrected chi connectivity index (χ0v) is 21.1. The van der Waals surface area contributed by atoms with Crippen LogP contribution in [0, 0.1) is 6.92 Å². The molecule has 0 atom stereocenters. The van der Waals surface area contributed by atoms with Crippen LogP contribution in [-0.4, -0.2) is 18.2 Å². The third-order valence-corrected chi connectivity index (χ3v) is 6.66. The molecular weight excluding hydrogens is 524 g/mol. The Balaban J connectivity index is 1.54. The molecule has 0 aromatic heterocycles. The molecule has 1 N–H and O–H groups in total. The van der Waals surface area contributed by atoms with Gasteiger partial charge in [0.05, 0.1) is 22.2 Å². The second-order valence-corrected chi connectivity index (χ2v) is 9.52. The molecule has 1 saturated heterocycles. The number of nitrogens with one attached hydrogen (secondary N) is 1. The molecule has 3 aromatic carbocycles. The summed E-state index contributed by atoms with van der Waals surface area (Å²) in [4.78, 5) is 17.5. The number of ether oxygens (including phenoxy) is 2. The number of benzene rings is 3. The Morgan fingerprint density at radius 2 is 1.91 bits per heavy atom. The molecule has 8 heteroatoms. The molecule has 0 bridgehead atoms. The van der Waals surface area contributed by atoms with Crippen molar-refractivity contribution in [3.63, 3.8) is 0 Å². The van der Waals surface area contributed by atoms with Crippen molar-refractivity contribution in [1.29, 1.82) is 0 Å². The van der Waals surface area contributed by atoms with E-state index in [1.807, 2.05) is 67.6 Å². The topological polar surface area (TPSA) is 59.9 Å². The summed E-state index contributed by atoms with van der Waals surface area (Å²) >= 11 is 11.1. The summed E-state index contributed by atoms with van der Waals surface area (Å²) in [6, 6.07) is 19.0. The number of hydrogen-bond donors (Lipinski definition) is 1. The first-order valence-electron chi connectivity index (χ1n) is 10.0. The average molecular weight is 544 g/mol. The Bertz CT molecular complexity index is 1260. The number of rotatable bonds is 6. The molecule has 5 nitrogen and oxygen atoms in total. The molecule has 0 unspecified atom stereocenters. The van der Waals surface area contributed by atoms with E-state index in [1.165, 1.54) is 11.8 Å². The molecule has 4 rings (SSSR count). The molecular formula is C25H20BrClN2O3S. The number of halogens is 2. The van der Waals surface area contributed by atoms with Crippen molar-refractivity contribution in [3.05, 3.63) is 91.8 Å². The van der Waals surface area contributed by atoms with Crippen molar-refractivity contribution in [3.8, 4) is 11.5 Å². The van der Waals surface area contributed by atoms with Gasteiger partial charge in [-0.1, -0.05) is 47.5 Å². The summed E-state index contributed by atoms with van der Waals surface area (Å²) < 4.78 is 12.2. The SMILES string of the molecule is COc1cc(/C=C2\SC(=Nc3ccc(C)cc3)NC2=O)cc(Br)c1OCc1ccccc1Cl. The lowest BCUT2D eigenvalue weighted by Crippen LogP contribution is -2.19. The van der Waals surface area contributed by atoms with E-state index in [1.54, 1.807) is 13.2 Å². The van der Waals surface area contributed by atoms with E-state index in [0.29, 0.717) is 37.7 Å². The van der Waals surface area contributed by atoms with Gasteiger partial charge in [-0.05, 0) is 76.6 Å². The first-order chi connectivity index (χ1) is 15.9. The number of carbonyl (C=O) groups is 1. The summed E-state index contributed by atoms with van der Waals surface area (Å²) in [5.74, 6) is 0.907. The fourth-order valence-electron chi connectivity index (χ4n) is 3.10. The van der Waals surface area contributed by atoms with Crippen LogP contribution in [0.2, 0.25) is 5.02 Å². The lowest BCUT2D eigenvalue weighted by Gasteiger charge is -2.14. The van der Waals surface area contributed by atoms with Crippen molar-refractivity contribution in [1.82, 2.24) is 5.32 Å². The van der Waals surface area contributed by atoms with E-state index in [-0.39, 0.29) is 5.91 Å².